The molecule has 0 fully saturated rings. The Balaban J connectivity index is 2.87. The fourth-order valence-corrected chi connectivity index (χ4v) is 1.18. The van der Waals surface area contributed by atoms with Crippen molar-refractivity contribution in [2.45, 2.75) is 11.4 Å². The number of rotatable bonds is 2. The summed E-state index contributed by atoms with van der Waals surface area (Å²) in [4.78, 5) is 1.16. The molecular weight excluding hydrogens is 142 g/mol. The minimum atomic E-state index is 0.578. The molecule has 0 aliphatic carbocycles. The van der Waals surface area contributed by atoms with Crippen LogP contribution in [0.25, 0.3) is 0 Å². The normalized spacial score (nSPS) is 9.80. The fraction of sp³-hybridized carbons (Fsp3) is 0.250. The van der Waals surface area contributed by atoms with Crippen LogP contribution in [-0.4, -0.2) is 6.26 Å². The van der Waals surface area contributed by atoms with Gasteiger partial charge in [-0.25, -0.2) is 0 Å². The maximum Gasteiger partial charge on any atom is 0.0184 e. The quantitative estimate of drug-likeness (QED) is 0.652. The molecule has 1 aromatic rings. The zero-order chi connectivity index (χ0) is 7.40. The first-order chi connectivity index (χ1) is 4.86. The summed E-state index contributed by atoms with van der Waals surface area (Å²) in [7, 11) is 0. The lowest BCUT2D eigenvalue weighted by atomic mass is 10.2. The molecule has 2 heteroatoms. The van der Waals surface area contributed by atoms with Crippen LogP contribution < -0.4 is 5.73 Å². The highest BCUT2D eigenvalue weighted by atomic mass is 32.2. The van der Waals surface area contributed by atoms with Crippen molar-refractivity contribution in [2.24, 2.45) is 5.73 Å². The Labute approximate surface area is 65.6 Å². The molecule has 0 aliphatic rings. The molecule has 0 amide bonds. The highest BCUT2D eigenvalue weighted by Gasteiger charge is 1.91. The zero-order valence-electron chi connectivity index (χ0n) is 5.92. The van der Waals surface area contributed by atoms with Crippen LogP contribution in [0.1, 0.15) is 5.56 Å². The van der Waals surface area contributed by atoms with Gasteiger partial charge in [-0.1, -0.05) is 12.1 Å². The summed E-state index contributed by atoms with van der Waals surface area (Å²) in [6, 6.07) is 9.20. The number of nitrogens with two attached hydrogens (primary N) is 1. The van der Waals surface area contributed by atoms with E-state index in [-0.39, 0.29) is 0 Å². The molecule has 0 saturated heterocycles. The van der Waals surface area contributed by atoms with Gasteiger partial charge in [0.25, 0.3) is 0 Å². The largest absolute Gasteiger partial charge is 0.326 e. The second-order valence-corrected chi connectivity index (χ2v) is 2.80. The van der Waals surface area contributed by atoms with Gasteiger partial charge in [0.05, 0.1) is 0 Å². The first-order valence-corrected chi connectivity index (χ1v) is 4.34. The molecule has 1 rings (SSSR count). The fourth-order valence-electron chi connectivity index (χ4n) is 0.731. The van der Waals surface area contributed by atoms with Crippen molar-refractivity contribution in [1.29, 1.82) is 0 Å². The van der Waals surface area contributed by atoms with Crippen LogP contribution in [0.2, 0.25) is 0 Å². The monoisotopic (exact) mass is 152 g/mol. The van der Waals surface area contributed by atoms with Crippen molar-refractivity contribution in [3.63, 3.8) is 0 Å². The van der Waals surface area contributed by atoms with Crippen LogP contribution in [-0.2, 0) is 6.54 Å². The van der Waals surface area contributed by atoms with Gasteiger partial charge in [0.1, 0.15) is 0 Å². The molecular formula is C8H10NS. The number of benzene rings is 1. The van der Waals surface area contributed by atoms with E-state index >= 15 is 0 Å². The second kappa shape index (κ2) is 3.64. The van der Waals surface area contributed by atoms with Crippen molar-refractivity contribution < 1.29 is 0 Å². The van der Waals surface area contributed by atoms with Gasteiger partial charge in [-0.15, -0.1) is 11.8 Å². The van der Waals surface area contributed by atoms with Gasteiger partial charge < -0.3 is 5.73 Å². The molecule has 2 N–H and O–H groups in total. The first kappa shape index (κ1) is 7.63. The smallest absolute Gasteiger partial charge is 0.0184 e. The van der Waals surface area contributed by atoms with E-state index in [1.54, 1.807) is 11.8 Å². The SMILES string of the molecule is CSc1[c]c(CN)ccc1. The van der Waals surface area contributed by atoms with E-state index < -0.39 is 0 Å². The molecule has 0 heterocycles. The highest BCUT2D eigenvalue weighted by molar-refractivity contribution is 7.98. The minimum Gasteiger partial charge on any atom is -0.326 e. The summed E-state index contributed by atoms with van der Waals surface area (Å²) in [6.45, 7) is 0.578. The predicted octanol–water partition coefficient (Wildman–Crippen LogP) is 1.67. The number of thioether (sulfide) groups is 1. The van der Waals surface area contributed by atoms with Gasteiger partial charge >= 0.3 is 0 Å². The van der Waals surface area contributed by atoms with Crippen LogP contribution >= 0.6 is 11.8 Å². The van der Waals surface area contributed by atoms with E-state index in [9.17, 15) is 0 Å². The summed E-state index contributed by atoms with van der Waals surface area (Å²) in [6.07, 6.45) is 2.03. The van der Waals surface area contributed by atoms with Crippen LogP contribution in [0.15, 0.2) is 23.1 Å². The Morgan fingerprint density at radius 1 is 1.60 bits per heavy atom. The first-order valence-electron chi connectivity index (χ1n) is 3.12. The average Bonchev–Trinajstić information content (AvgIpc) is 2.05. The lowest BCUT2D eigenvalue weighted by Crippen LogP contribution is -1.95. The molecule has 0 unspecified atom stereocenters. The molecule has 53 valence electrons. The molecule has 0 spiro atoms. The topological polar surface area (TPSA) is 26.0 Å². The Morgan fingerprint density at radius 3 is 3.00 bits per heavy atom. The van der Waals surface area contributed by atoms with Crippen LogP contribution in [0.5, 0.6) is 0 Å². The Morgan fingerprint density at radius 2 is 2.40 bits per heavy atom. The van der Waals surface area contributed by atoms with E-state index in [0.717, 1.165) is 10.5 Å². The van der Waals surface area contributed by atoms with Crippen LogP contribution in [0.3, 0.4) is 0 Å². The van der Waals surface area contributed by atoms with Crippen molar-refractivity contribution in [3.05, 3.63) is 29.8 Å². The lowest BCUT2D eigenvalue weighted by molar-refractivity contribution is 1.06. The van der Waals surface area contributed by atoms with Gasteiger partial charge in [0, 0.05) is 17.5 Å². The Kier molecular flexibility index (Phi) is 2.78. The minimum absolute atomic E-state index is 0.578. The summed E-state index contributed by atoms with van der Waals surface area (Å²) in [5, 5.41) is 0. The molecule has 1 radical (unpaired) electrons. The summed E-state index contributed by atoms with van der Waals surface area (Å²) in [5.74, 6) is 0. The van der Waals surface area contributed by atoms with Crippen molar-refractivity contribution in [2.75, 3.05) is 6.26 Å². The molecule has 0 bridgehead atoms. The molecule has 0 saturated carbocycles. The summed E-state index contributed by atoms with van der Waals surface area (Å²) < 4.78 is 0. The van der Waals surface area contributed by atoms with Crippen LogP contribution in [0, 0.1) is 6.07 Å². The Hall–Kier alpha value is -0.470. The predicted molar refractivity (Wildman–Crippen MR) is 45.0 cm³/mol. The van der Waals surface area contributed by atoms with Crippen LogP contribution in [0.4, 0.5) is 0 Å². The molecule has 0 atom stereocenters. The third-order valence-electron chi connectivity index (χ3n) is 1.27. The standard InChI is InChI=1S/C8H10NS/c1-10-8-4-2-3-7(5-8)6-9/h2-4H,6,9H2,1H3. The molecule has 0 aromatic heterocycles. The van der Waals surface area contributed by atoms with E-state index in [1.807, 2.05) is 24.5 Å². The zero-order valence-corrected chi connectivity index (χ0v) is 6.74. The molecule has 1 aromatic carbocycles. The maximum atomic E-state index is 5.43. The third-order valence-corrected chi connectivity index (χ3v) is 1.95. The van der Waals surface area contributed by atoms with Gasteiger partial charge in [0.15, 0.2) is 0 Å². The third kappa shape index (κ3) is 1.75. The molecule has 10 heavy (non-hydrogen) atoms. The Bertz CT molecular complexity index is 191. The van der Waals surface area contributed by atoms with Gasteiger partial charge in [-0.2, -0.15) is 0 Å². The van der Waals surface area contributed by atoms with Crippen molar-refractivity contribution in [1.82, 2.24) is 0 Å². The molecule has 0 aliphatic heterocycles. The van der Waals surface area contributed by atoms with Crippen molar-refractivity contribution in [3.8, 4) is 0 Å². The second-order valence-electron chi connectivity index (χ2n) is 1.95. The van der Waals surface area contributed by atoms with E-state index in [0.29, 0.717) is 6.54 Å². The molecule has 1 nitrogen and oxygen atoms in total. The highest BCUT2D eigenvalue weighted by Crippen LogP contribution is 2.14. The van der Waals surface area contributed by atoms with Gasteiger partial charge in [0.2, 0.25) is 0 Å². The van der Waals surface area contributed by atoms with E-state index in [4.69, 9.17) is 5.73 Å². The summed E-state index contributed by atoms with van der Waals surface area (Å²) >= 11 is 1.69. The summed E-state index contributed by atoms with van der Waals surface area (Å²) in [5.41, 5.74) is 6.51. The van der Waals surface area contributed by atoms with E-state index in [1.165, 1.54) is 0 Å². The lowest BCUT2D eigenvalue weighted by Gasteiger charge is -1.97. The number of hydrogen-bond acceptors (Lipinski definition) is 2. The maximum absolute atomic E-state index is 5.43. The number of hydrogen-bond donors (Lipinski definition) is 1. The van der Waals surface area contributed by atoms with Gasteiger partial charge in [-0.3, -0.25) is 0 Å². The van der Waals surface area contributed by atoms with Crippen molar-refractivity contribution >= 4 is 11.8 Å². The average molecular weight is 152 g/mol. The van der Waals surface area contributed by atoms with Gasteiger partial charge in [-0.05, 0) is 17.9 Å². The van der Waals surface area contributed by atoms with E-state index in [2.05, 4.69) is 6.07 Å².